The van der Waals surface area contributed by atoms with Gasteiger partial charge in [-0.3, -0.25) is 4.79 Å². The first kappa shape index (κ1) is 13.5. The van der Waals surface area contributed by atoms with Crippen LogP contribution in [0.2, 0.25) is 0 Å². The van der Waals surface area contributed by atoms with Crippen molar-refractivity contribution >= 4 is 5.97 Å². The van der Waals surface area contributed by atoms with E-state index in [1.165, 1.54) is 6.07 Å². The van der Waals surface area contributed by atoms with Crippen molar-refractivity contribution in [3.8, 4) is 0 Å². The molecule has 17 heavy (non-hydrogen) atoms. The predicted octanol–water partition coefficient (Wildman–Crippen LogP) is 2.05. The van der Waals surface area contributed by atoms with Crippen LogP contribution in [0.25, 0.3) is 0 Å². The van der Waals surface area contributed by atoms with Crippen molar-refractivity contribution in [2.45, 2.75) is 40.7 Å². The highest BCUT2D eigenvalue weighted by Gasteiger charge is 2.17. The summed E-state index contributed by atoms with van der Waals surface area (Å²) in [4.78, 5) is 23.6. The van der Waals surface area contributed by atoms with Crippen LogP contribution in [0.5, 0.6) is 0 Å². The van der Waals surface area contributed by atoms with Crippen molar-refractivity contribution in [2.75, 3.05) is 6.61 Å². The number of ether oxygens (including phenoxy) is 1. The maximum atomic E-state index is 11.8. The summed E-state index contributed by atoms with van der Waals surface area (Å²) in [6.45, 7) is 8.27. The van der Waals surface area contributed by atoms with E-state index in [2.05, 4.69) is 0 Å². The second-order valence-electron chi connectivity index (χ2n) is 4.00. The van der Waals surface area contributed by atoms with E-state index in [1.54, 1.807) is 25.3 Å². The van der Waals surface area contributed by atoms with Gasteiger partial charge in [0.1, 0.15) is 0 Å². The number of nitrogens with zero attached hydrogens (tertiary/aromatic N) is 1. The Morgan fingerprint density at radius 2 is 2.00 bits per heavy atom. The summed E-state index contributed by atoms with van der Waals surface area (Å²) in [5.41, 5.74) is 1.82. The molecule has 0 aliphatic heterocycles. The van der Waals surface area contributed by atoms with E-state index in [4.69, 9.17) is 4.74 Å². The Kier molecular flexibility index (Phi) is 4.49. The van der Waals surface area contributed by atoms with Crippen molar-refractivity contribution in [2.24, 2.45) is 0 Å². The molecule has 0 bridgehead atoms. The lowest BCUT2D eigenvalue weighted by atomic mass is 10.1. The molecule has 1 heterocycles. The minimum absolute atomic E-state index is 0.0603. The summed E-state index contributed by atoms with van der Waals surface area (Å²) in [7, 11) is 0. The predicted molar refractivity (Wildman–Crippen MR) is 66.4 cm³/mol. The van der Waals surface area contributed by atoms with Gasteiger partial charge in [0.15, 0.2) is 0 Å². The highest BCUT2D eigenvalue weighted by Crippen LogP contribution is 2.13. The molecule has 4 nitrogen and oxygen atoms in total. The molecule has 0 aliphatic carbocycles. The van der Waals surface area contributed by atoms with Gasteiger partial charge in [0.2, 0.25) is 0 Å². The molecule has 1 aromatic heterocycles. The first-order chi connectivity index (χ1) is 8.02. The molecule has 0 radical (unpaired) electrons. The smallest absolute Gasteiger partial charge is 0.340 e. The van der Waals surface area contributed by atoms with Crippen molar-refractivity contribution in [3.63, 3.8) is 0 Å². The third-order valence-corrected chi connectivity index (χ3v) is 2.69. The quantitative estimate of drug-likeness (QED) is 0.753. The van der Waals surface area contributed by atoms with Gasteiger partial charge in [0.05, 0.1) is 12.2 Å². The minimum atomic E-state index is -0.354. The minimum Gasteiger partial charge on any atom is -0.462 e. The lowest BCUT2D eigenvalue weighted by molar-refractivity contribution is 0.0523. The third kappa shape index (κ3) is 2.75. The molecule has 0 fully saturated rings. The maximum Gasteiger partial charge on any atom is 0.340 e. The summed E-state index contributed by atoms with van der Waals surface area (Å²) in [6, 6.07) is 1.49. The van der Waals surface area contributed by atoms with Gasteiger partial charge in [-0.2, -0.15) is 0 Å². The van der Waals surface area contributed by atoms with Gasteiger partial charge in [0, 0.05) is 18.3 Å². The number of aromatic nitrogens is 1. The van der Waals surface area contributed by atoms with Crippen LogP contribution in [0.15, 0.2) is 10.9 Å². The number of carbonyl (C=O) groups excluding carboxylic acids is 1. The van der Waals surface area contributed by atoms with Crippen LogP contribution < -0.4 is 5.56 Å². The number of rotatable bonds is 4. The zero-order chi connectivity index (χ0) is 13.0. The Hall–Kier alpha value is -1.58. The molecule has 0 spiro atoms. The first-order valence-corrected chi connectivity index (χ1v) is 5.91. The van der Waals surface area contributed by atoms with Gasteiger partial charge in [0.25, 0.3) is 5.56 Å². The molecule has 4 heteroatoms. The summed E-state index contributed by atoms with van der Waals surface area (Å²) in [6.07, 6.45) is 0.853. The largest absolute Gasteiger partial charge is 0.462 e. The fourth-order valence-electron chi connectivity index (χ4n) is 1.93. The standard InChI is InChI=1S/C13H19NO3/c1-5-7-14-10(4)12(13(16)17-6-2)9(3)8-11(14)15/h8H,5-7H2,1-4H3. The van der Waals surface area contributed by atoms with Crippen LogP contribution in [-0.4, -0.2) is 17.1 Å². The molecule has 94 valence electrons. The molecule has 0 unspecified atom stereocenters. The normalized spacial score (nSPS) is 10.4. The first-order valence-electron chi connectivity index (χ1n) is 5.91. The van der Waals surface area contributed by atoms with Crippen LogP contribution >= 0.6 is 0 Å². The Morgan fingerprint density at radius 3 is 2.53 bits per heavy atom. The molecule has 0 aliphatic rings. The van der Waals surface area contributed by atoms with Crippen LogP contribution in [0.3, 0.4) is 0 Å². The summed E-state index contributed by atoms with van der Waals surface area (Å²) in [5, 5.41) is 0. The van der Waals surface area contributed by atoms with Gasteiger partial charge in [-0.1, -0.05) is 6.92 Å². The van der Waals surface area contributed by atoms with E-state index in [9.17, 15) is 9.59 Å². The van der Waals surface area contributed by atoms with Crippen LogP contribution in [0, 0.1) is 13.8 Å². The van der Waals surface area contributed by atoms with E-state index in [1.807, 2.05) is 6.92 Å². The van der Waals surface area contributed by atoms with Crippen molar-refractivity contribution in [1.29, 1.82) is 0 Å². The highest BCUT2D eigenvalue weighted by molar-refractivity contribution is 5.92. The number of carbonyl (C=O) groups is 1. The Labute approximate surface area is 101 Å². The summed E-state index contributed by atoms with van der Waals surface area (Å²) < 4.78 is 6.63. The lowest BCUT2D eigenvalue weighted by Gasteiger charge is -2.14. The van der Waals surface area contributed by atoms with E-state index in [0.29, 0.717) is 30.0 Å². The molecule has 0 aromatic carbocycles. The Morgan fingerprint density at radius 1 is 1.35 bits per heavy atom. The van der Waals surface area contributed by atoms with Gasteiger partial charge in [-0.25, -0.2) is 4.79 Å². The molecule has 0 saturated carbocycles. The molecule has 0 N–H and O–H groups in total. The van der Waals surface area contributed by atoms with E-state index in [-0.39, 0.29) is 11.5 Å². The molecule has 1 rings (SSSR count). The fraction of sp³-hybridized carbons (Fsp3) is 0.538. The summed E-state index contributed by atoms with van der Waals surface area (Å²) in [5.74, 6) is -0.354. The molecule has 1 aromatic rings. The average molecular weight is 237 g/mol. The fourth-order valence-corrected chi connectivity index (χ4v) is 1.93. The van der Waals surface area contributed by atoms with Gasteiger partial charge >= 0.3 is 5.97 Å². The Bertz CT molecular complexity index is 474. The van der Waals surface area contributed by atoms with E-state index in [0.717, 1.165) is 6.42 Å². The molecule has 0 amide bonds. The van der Waals surface area contributed by atoms with Gasteiger partial charge < -0.3 is 9.30 Å². The van der Waals surface area contributed by atoms with E-state index < -0.39 is 0 Å². The van der Waals surface area contributed by atoms with Gasteiger partial charge in [-0.05, 0) is 32.8 Å². The molecular formula is C13H19NO3. The SMILES string of the molecule is CCCn1c(C)c(C(=O)OCC)c(C)cc1=O. The lowest BCUT2D eigenvalue weighted by Crippen LogP contribution is -2.26. The number of pyridine rings is 1. The zero-order valence-corrected chi connectivity index (χ0v) is 10.9. The summed E-state index contributed by atoms with van der Waals surface area (Å²) >= 11 is 0. The molecule has 0 atom stereocenters. The third-order valence-electron chi connectivity index (χ3n) is 2.69. The van der Waals surface area contributed by atoms with Crippen LogP contribution in [0.1, 0.15) is 41.9 Å². The molecular weight excluding hydrogens is 218 g/mol. The number of hydrogen-bond donors (Lipinski definition) is 0. The van der Waals surface area contributed by atoms with Crippen molar-refractivity contribution in [1.82, 2.24) is 4.57 Å². The van der Waals surface area contributed by atoms with Crippen LogP contribution in [0.4, 0.5) is 0 Å². The van der Waals surface area contributed by atoms with Crippen molar-refractivity contribution in [3.05, 3.63) is 33.2 Å². The van der Waals surface area contributed by atoms with Crippen LogP contribution in [-0.2, 0) is 11.3 Å². The Balaban J connectivity index is 3.35. The number of aryl methyl sites for hydroxylation is 1. The monoisotopic (exact) mass is 237 g/mol. The number of hydrogen-bond acceptors (Lipinski definition) is 3. The topological polar surface area (TPSA) is 48.3 Å². The maximum absolute atomic E-state index is 11.8. The van der Waals surface area contributed by atoms with Gasteiger partial charge in [-0.15, -0.1) is 0 Å². The second kappa shape index (κ2) is 5.66. The average Bonchev–Trinajstić information content (AvgIpc) is 2.24. The van der Waals surface area contributed by atoms with E-state index >= 15 is 0 Å². The number of esters is 1. The van der Waals surface area contributed by atoms with Crippen molar-refractivity contribution < 1.29 is 9.53 Å². The molecule has 0 saturated heterocycles. The highest BCUT2D eigenvalue weighted by atomic mass is 16.5. The zero-order valence-electron chi connectivity index (χ0n) is 10.9. The second-order valence-corrected chi connectivity index (χ2v) is 4.00.